The van der Waals surface area contributed by atoms with Crippen molar-refractivity contribution in [1.29, 1.82) is 0 Å². The Labute approximate surface area is 204 Å². The number of carbonyl (C=O) groups excluding carboxylic acids is 6. The highest BCUT2D eigenvalue weighted by molar-refractivity contribution is 6.31. The fraction of sp³-hybridized carbons (Fsp3) is 0.417. The van der Waals surface area contributed by atoms with E-state index in [1.807, 2.05) is 0 Å². The van der Waals surface area contributed by atoms with Gasteiger partial charge in [0.15, 0.2) is 34.7 Å². The molecule has 0 aliphatic heterocycles. The summed E-state index contributed by atoms with van der Waals surface area (Å²) < 4.78 is 4.79. The number of amides is 2. The molecule has 0 aromatic heterocycles. The van der Waals surface area contributed by atoms with Gasteiger partial charge in [0.25, 0.3) is 0 Å². The number of ether oxygens (including phenoxy) is 1. The molecule has 0 radical (unpaired) electrons. The fourth-order valence-corrected chi connectivity index (χ4v) is 5.74. The van der Waals surface area contributed by atoms with Gasteiger partial charge >= 0.3 is 6.09 Å². The minimum absolute atomic E-state index is 0.119. The van der Waals surface area contributed by atoms with Crippen molar-refractivity contribution < 1.29 is 48.8 Å². The number of fused-ring (bicyclic) bond motifs is 3. The van der Waals surface area contributed by atoms with Crippen LogP contribution in [0.25, 0.3) is 0 Å². The Morgan fingerprint density at radius 2 is 1.92 bits per heavy atom. The molecule has 3 aliphatic rings. The van der Waals surface area contributed by atoms with Gasteiger partial charge in [-0.1, -0.05) is 25.6 Å². The minimum Gasteiger partial charge on any atom is -0.505 e. The van der Waals surface area contributed by atoms with E-state index < -0.39 is 88.6 Å². The molecule has 0 spiro atoms. The first-order chi connectivity index (χ1) is 16.9. The zero-order valence-corrected chi connectivity index (χ0v) is 19.1. The Bertz CT molecular complexity index is 1240. The largest absolute Gasteiger partial charge is 0.505 e. The summed E-state index contributed by atoms with van der Waals surface area (Å²) in [5, 5.41) is 35.5. The molecule has 2 unspecified atom stereocenters. The number of benzene rings is 1. The summed E-state index contributed by atoms with van der Waals surface area (Å²) in [6.07, 6.45) is -1.95. The lowest BCUT2D eigenvalue weighted by atomic mass is 9.50. The Hall–Kier alpha value is -3.90. The van der Waals surface area contributed by atoms with E-state index in [4.69, 9.17) is 10.5 Å². The number of carbonyl (C=O) groups is 6. The van der Waals surface area contributed by atoms with Gasteiger partial charge in [0.1, 0.15) is 12.4 Å². The smallest absolute Gasteiger partial charge is 0.412 e. The molecule has 12 heteroatoms. The molecule has 1 aromatic carbocycles. The van der Waals surface area contributed by atoms with E-state index in [1.165, 1.54) is 18.2 Å². The van der Waals surface area contributed by atoms with Crippen molar-refractivity contribution in [2.75, 3.05) is 11.9 Å². The summed E-state index contributed by atoms with van der Waals surface area (Å²) in [6.45, 7) is 4.86. The van der Waals surface area contributed by atoms with Crippen LogP contribution in [-0.4, -0.2) is 68.8 Å². The summed E-state index contributed by atoms with van der Waals surface area (Å²) in [6, 6.07) is 2.74. The average Bonchev–Trinajstić information content (AvgIpc) is 2.81. The first-order valence-electron chi connectivity index (χ1n) is 11.1. The van der Waals surface area contributed by atoms with Gasteiger partial charge in [-0.3, -0.25) is 29.3 Å². The molecule has 7 atom stereocenters. The van der Waals surface area contributed by atoms with Crippen molar-refractivity contribution in [1.82, 2.24) is 0 Å². The first kappa shape index (κ1) is 25.2. The fourth-order valence-electron chi connectivity index (χ4n) is 5.74. The number of rotatable bonds is 4. The first-order valence-corrected chi connectivity index (χ1v) is 11.1. The van der Waals surface area contributed by atoms with E-state index in [2.05, 4.69) is 11.9 Å². The van der Waals surface area contributed by atoms with Gasteiger partial charge in [-0.05, 0) is 17.5 Å². The second-order valence-corrected chi connectivity index (χ2v) is 9.24. The van der Waals surface area contributed by atoms with E-state index in [0.717, 1.165) is 0 Å². The molecule has 0 bridgehead atoms. The van der Waals surface area contributed by atoms with Gasteiger partial charge in [-0.15, -0.1) is 0 Å². The van der Waals surface area contributed by atoms with E-state index >= 15 is 0 Å². The number of hydrogen-bond donors (Lipinski definition) is 5. The summed E-state index contributed by atoms with van der Waals surface area (Å²) >= 11 is 0. The lowest BCUT2D eigenvalue weighted by Gasteiger charge is -2.52. The van der Waals surface area contributed by atoms with Gasteiger partial charge in [0.05, 0.1) is 23.3 Å². The van der Waals surface area contributed by atoms with Crippen molar-refractivity contribution in [3.05, 3.63) is 35.9 Å². The van der Waals surface area contributed by atoms with Crippen LogP contribution in [0.5, 0.6) is 5.75 Å². The van der Waals surface area contributed by atoms with Crippen LogP contribution in [0.15, 0.2) is 24.8 Å². The number of aliphatic hydroxyl groups is 2. The zero-order chi connectivity index (χ0) is 26.7. The Kier molecular flexibility index (Phi) is 6.05. The summed E-state index contributed by atoms with van der Waals surface area (Å²) in [5.41, 5.74) is 1.87. The SMILES string of the molecule is C=CCOC(=O)Nc1ccc2c(c1O)C(=O)C1C(=O)[C@]3(O)C(=O)C(C(N)=O)C(=O)C[C@@H]3[C@@H](O)[C@@H]1[C@H]2C. The van der Waals surface area contributed by atoms with Crippen LogP contribution in [0.2, 0.25) is 0 Å². The third-order valence-corrected chi connectivity index (χ3v) is 7.43. The molecule has 36 heavy (non-hydrogen) atoms. The van der Waals surface area contributed by atoms with E-state index in [1.54, 1.807) is 6.92 Å². The molecule has 0 saturated heterocycles. The highest BCUT2D eigenvalue weighted by Crippen LogP contribution is 2.54. The van der Waals surface area contributed by atoms with Crippen molar-refractivity contribution in [3.63, 3.8) is 0 Å². The Balaban J connectivity index is 1.80. The number of primary amides is 1. The number of anilines is 1. The number of nitrogens with one attached hydrogen (secondary N) is 1. The van der Waals surface area contributed by atoms with Crippen molar-refractivity contribution in [2.45, 2.75) is 31.0 Å². The number of phenols is 1. The standard InChI is InChI=1S/C24H24N2O10/c1-3-6-36-23(34)26-11-5-4-9-8(2)13-16(19(30)14(9)18(11)29)21(32)24(35)10(17(13)28)7-12(27)15(20(24)31)22(25)33/h3-5,8,10,13,15-17,28-29,35H,1,6-7H2,2H3,(H2,25,33)(H,26,34)/t8-,10+,13+,15?,16?,17+,24+/m0/s1. The van der Waals surface area contributed by atoms with Crippen LogP contribution in [0.4, 0.5) is 10.5 Å². The quantitative estimate of drug-likeness (QED) is 0.205. The molecule has 2 amide bonds. The molecular formula is C24H24N2O10. The van der Waals surface area contributed by atoms with Crippen molar-refractivity contribution in [2.24, 2.45) is 29.4 Å². The molecule has 6 N–H and O–H groups in total. The predicted octanol–water partition coefficient (Wildman–Crippen LogP) is -0.407. The maximum absolute atomic E-state index is 13.6. The molecule has 2 fully saturated rings. The number of aromatic hydroxyl groups is 1. The third-order valence-electron chi connectivity index (χ3n) is 7.43. The lowest BCUT2D eigenvalue weighted by Crippen LogP contribution is -2.72. The van der Waals surface area contributed by atoms with Crippen LogP contribution in [0, 0.1) is 23.7 Å². The number of aliphatic hydroxyl groups excluding tert-OH is 1. The summed E-state index contributed by atoms with van der Waals surface area (Å²) in [7, 11) is 0. The molecule has 0 heterocycles. The van der Waals surface area contributed by atoms with Crippen LogP contribution >= 0.6 is 0 Å². The molecule has 190 valence electrons. The van der Waals surface area contributed by atoms with Gasteiger partial charge < -0.3 is 25.8 Å². The van der Waals surface area contributed by atoms with E-state index in [9.17, 15) is 44.1 Å². The maximum atomic E-state index is 13.6. The van der Waals surface area contributed by atoms with Crippen LogP contribution < -0.4 is 11.1 Å². The van der Waals surface area contributed by atoms with Gasteiger partial charge in [0.2, 0.25) is 5.91 Å². The second kappa shape index (κ2) is 8.64. The second-order valence-electron chi connectivity index (χ2n) is 9.24. The van der Waals surface area contributed by atoms with Crippen molar-refractivity contribution in [3.8, 4) is 5.75 Å². The molecule has 2 saturated carbocycles. The maximum Gasteiger partial charge on any atom is 0.412 e. The van der Waals surface area contributed by atoms with Gasteiger partial charge in [-0.2, -0.15) is 0 Å². The topological polar surface area (TPSA) is 210 Å². The monoisotopic (exact) mass is 500 g/mol. The number of ketones is 4. The predicted molar refractivity (Wildman–Crippen MR) is 120 cm³/mol. The molecule has 3 aliphatic carbocycles. The van der Waals surface area contributed by atoms with Crippen molar-refractivity contribution >= 4 is 40.8 Å². The number of nitrogens with two attached hydrogens (primary N) is 1. The highest BCUT2D eigenvalue weighted by Gasteiger charge is 2.69. The van der Waals surface area contributed by atoms with E-state index in [-0.39, 0.29) is 23.4 Å². The van der Waals surface area contributed by atoms with Gasteiger partial charge in [0, 0.05) is 18.3 Å². The van der Waals surface area contributed by atoms with Crippen LogP contribution in [0.3, 0.4) is 0 Å². The van der Waals surface area contributed by atoms with Crippen LogP contribution in [-0.2, 0) is 23.9 Å². The summed E-state index contributed by atoms with van der Waals surface area (Å²) in [4.78, 5) is 76.2. The number of phenolic OH excluding ortho intramolecular Hbond substituents is 1. The lowest BCUT2D eigenvalue weighted by molar-refractivity contribution is -0.189. The molecule has 4 rings (SSSR count). The summed E-state index contributed by atoms with van der Waals surface area (Å²) in [5.74, 6) is -14.0. The van der Waals surface area contributed by atoms with Gasteiger partial charge in [-0.25, -0.2) is 4.79 Å². The number of Topliss-reactive ketones (excluding diaryl/α,β-unsaturated/α-hetero) is 4. The third kappa shape index (κ3) is 3.36. The Morgan fingerprint density at radius 3 is 2.53 bits per heavy atom. The number of hydrogen-bond acceptors (Lipinski definition) is 10. The van der Waals surface area contributed by atoms with E-state index in [0.29, 0.717) is 0 Å². The zero-order valence-electron chi connectivity index (χ0n) is 19.1. The average molecular weight is 500 g/mol. The van der Waals surface area contributed by atoms with Crippen LogP contribution in [0.1, 0.15) is 35.2 Å². The molecule has 12 nitrogen and oxygen atoms in total. The highest BCUT2D eigenvalue weighted by atomic mass is 16.5. The minimum atomic E-state index is -3.00. The molecular weight excluding hydrogens is 476 g/mol. The normalized spacial score (nSPS) is 33.2. The Morgan fingerprint density at radius 1 is 1.25 bits per heavy atom. The molecule has 1 aromatic rings.